The first-order valence-electron chi connectivity index (χ1n) is 5.98. The van der Waals surface area contributed by atoms with E-state index in [0.717, 1.165) is 5.56 Å². The number of ether oxygens (including phenoxy) is 1. The Morgan fingerprint density at radius 1 is 1.48 bits per heavy atom. The summed E-state index contributed by atoms with van der Waals surface area (Å²) in [6.45, 7) is 1.75. The minimum atomic E-state index is -0.597. The second kappa shape index (κ2) is 6.33. The van der Waals surface area contributed by atoms with Gasteiger partial charge in [0.1, 0.15) is 6.10 Å². The highest BCUT2D eigenvalue weighted by Crippen LogP contribution is 2.31. The number of hydrogen-bond donors (Lipinski definition) is 0. The molecule has 0 N–H and O–H groups in total. The summed E-state index contributed by atoms with van der Waals surface area (Å²) < 4.78 is 6.21. The molecule has 2 aromatic rings. The summed E-state index contributed by atoms with van der Waals surface area (Å²) in [5, 5.41) is 19.8. The van der Waals surface area contributed by atoms with Crippen LogP contribution in [0.15, 0.2) is 41.0 Å². The molecule has 6 nitrogen and oxygen atoms in total. The summed E-state index contributed by atoms with van der Waals surface area (Å²) in [7, 11) is 0. The lowest BCUT2D eigenvalue weighted by Crippen LogP contribution is -2.06. The number of halogens is 1. The van der Waals surface area contributed by atoms with Gasteiger partial charge in [-0.15, -0.1) is 0 Å². The molecule has 0 aliphatic rings. The number of pyridine rings is 1. The molecule has 2 rings (SSSR count). The Morgan fingerprint density at radius 3 is 2.90 bits per heavy atom. The van der Waals surface area contributed by atoms with E-state index in [1.807, 2.05) is 6.07 Å². The van der Waals surface area contributed by atoms with Crippen LogP contribution in [0.3, 0.4) is 0 Å². The van der Waals surface area contributed by atoms with Crippen LogP contribution in [0, 0.1) is 21.4 Å². The van der Waals surface area contributed by atoms with Crippen molar-refractivity contribution in [1.82, 2.24) is 4.98 Å². The molecular weight excluding hydrogens is 338 g/mol. The van der Waals surface area contributed by atoms with Crippen LogP contribution in [-0.2, 0) is 0 Å². The molecule has 0 saturated heterocycles. The van der Waals surface area contributed by atoms with Crippen LogP contribution in [0.1, 0.15) is 24.2 Å². The van der Waals surface area contributed by atoms with Crippen molar-refractivity contribution in [3.63, 3.8) is 0 Å². The second-order valence-corrected chi connectivity index (χ2v) is 5.15. The van der Waals surface area contributed by atoms with Gasteiger partial charge in [0, 0.05) is 6.07 Å². The maximum absolute atomic E-state index is 11.0. The minimum absolute atomic E-state index is 0.0734. The van der Waals surface area contributed by atoms with E-state index in [9.17, 15) is 10.1 Å². The van der Waals surface area contributed by atoms with Crippen molar-refractivity contribution in [3.8, 4) is 11.8 Å². The van der Waals surface area contributed by atoms with Crippen LogP contribution in [0.4, 0.5) is 5.82 Å². The Morgan fingerprint density at radius 2 is 2.24 bits per heavy atom. The van der Waals surface area contributed by atoms with Crippen molar-refractivity contribution >= 4 is 21.7 Å². The standard InChI is InChI=1S/C14H10BrN3O3/c1-9(11-4-2-3-10(5-11)7-16)21-13-6-12(15)8-17-14(13)18(19)20/h2-6,8-9H,1H3. The van der Waals surface area contributed by atoms with Gasteiger partial charge in [-0.3, -0.25) is 0 Å². The number of hydrogen-bond acceptors (Lipinski definition) is 5. The van der Waals surface area contributed by atoms with Crippen molar-refractivity contribution in [3.05, 3.63) is 62.2 Å². The molecule has 0 radical (unpaired) electrons. The van der Waals surface area contributed by atoms with Crippen LogP contribution in [-0.4, -0.2) is 9.91 Å². The zero-order valence-electron chi connectivity index (χ0n) is 11.0. The van der Waals surface area contributed by atoms with Crippen LogP contribution in [0.2, 0.25) is 0 Å². The summed E-state index contributed by atoms with van der Waals surface area (Å²) in [6.07, 6.45) is 0.888. The van der Waals surface area contributed by atoms with Gasteiger partial charge in [0.2, 0.25) is 5.75 Å². The van der Waals surface area contributed by atoms with Gasteiger partial charge in [-0.05, 0) is 50.5 Å². The first-order valence-corrected chi connectivity index (χ1v) is 6.77. The lowest BCUT2D eigenvalue weighted by atomic mass is 10.1. The highest BCUT2D eigenvalue weighted by molar-refractivity contribution is 9.10. The van der Waals surface area contributed by atoms with Gasteiger partial charge in [-0.25, -0.2) is 0 Å². The molecule has 0 aliphatic heterocycles. The predicted octanol–water partition coefficient (Wildman–Crippen LogP) is 3.76. The first-order chi connectivity index (χ1) is 10.0. The van der Waals surface area contributed by atoms with Crippen molar-refractivity contribution in [2.24, 2.45) is 0 Å². The topological polar surface area (TPSA) is 89.1 Å². The lowest BCUT2D eigenvalue weighted by molar-refractivity contribution is -0.390. The molecule has 1 atom stereocenters. The third-order valence-corrected chi connectivity index (χ3v) is 3.20. The third kappa shape index (κ3) is 3.55. The van der Waals surface area contributed by atoms with Crippen LogP contribution in [0.25, 0.3) is 0 Å². The summed E-state index contributed by atoms with van der Waals surface area (Å²) in [6, 6.07) is 10.4. The van der Waals surface area contributed by atoms with E-state index in [2.05, 4.69) is 20.9 Å². The normalized spacial score (nSPS) is 11.5. The maximum Gasteiger partial charge on any atom is 0.406 e. The zero-order valence-corrected chi connectivity index (χ0v) is 12.6. The summed E-state index contributed by atoms with van der Waals surface area (Å²) >= 11 is 3.21. The van der Waals surface area contributed by atoms with Crippen molar-refractivity contribution in [2.75, 3.05) is 0 Å². The van der Waals surface area contributed by atoms with Gasteiger partial charge in [0.25, 0.3) is 0 Å². The fraction of sp³-hybridized carbons (Fsp3) is 0.143. The highest BCUT2D eigenvalue weighted by atomic mass is 79.9. The Kier molecular flexibility index (Phi) is 4.50. The molecule has 1 heterocycles. The van der Waals surface area contributed by atoms with E-state index < -0.39 is 11.0 Å². The Balaban J connectivity index is 2.31. The monoisotopic (exact) mass is 347 g/mol. The number of nitrogens with zero attached hydrogens (tertiary/aromatic N) is 3. The summed E-state index contributed by atoms with van der Waals surface area (Å²) in [4.78, 5) is 14.1. The second-order valence-electron chi connectivity index (χ2n) is 4.23. The molecule has 0 fully saturated rings. The smallest absolute Gasteiger partial charge is 0.406 e. The Hall–Kier alpha value is -2.46. The van der Waals surface area contributed by atoms with E-state index in [0.29, 0.717) is 10.0 Å². The van der Waals surface area contributed by atoms with Crippen LogP contribution in [0.5, 0.6) is 5.75 Å². The molecule has 21 heavy (non-hydrogen) atoms. The molecular formula is C14H10BrN3O3. The highest BCUT2D eigenvalue weighted by Gasteiger charge is 2.20. The molecule has 0 spiro atoms. The summed E-state index contributed by atoms with van der Waals surface area (Å²) in [5.74, 6) is -0.272. The van der Waals surface area contributed by atoms with Gasteiger partial charge in [-0.2, -0.15) is 5.26 Å². The number of benzene rings is 1. The van der Waals surface area contributed by atoms with E-state index in [1.165, 1.54) is 12.3 Å². The molecule has 0 saturated carbocycles. The average molecular weight is 348 g/mol. The zero-order chi connectivity index (χ0) is 15.4. The van der Waals surface area contributed by atoms with Gasteiger partial charge >= 0.3 is 5.82 Å². The van der Waals surface area contributed by atoms with E-state index in [4.69, 9.17) is 10.00 Å². The lowest BCUT2D eigenvalue weighted by Gasteiger charge is -2.15. The van der Waals surface area contributed by atoms with Gasteiger partial charge < -0.3 is 14.9 Å². The number of rotatable bonds is 4. The maximum atomic E-state index is 11.0. The van der Waals surface area contributed by atoms with Crippen molar-refractivity contribution < 1.29 is 9.66 Å². The summed E-state index contributed by atoms with van der Waals surface area (Å²) in [5.41, 5.74) is 1.26. The molecule has 106 valence electrons. The molecule has 0 bridgehead atoms. The molecule has 0 amide bonds. The fourth-order valence-electron chi connectivity index (χ4n) is 1.76. The molecule has 7 heteroatoms. The number of aromatic nitrogens is 1. The van der Waals surface area contributed by atoms with Gasteiger partial charge in [0.05, 0.1) is 16.1 Å². The molecule has 1 aromatic heterocycles. The SMILES string of the molecule is CC(Oc1cc(Br)cnc1[N+](=O)[O-])c1cccc(C#N)c1. The van der Waals surface area contributed by atoms with Gasteiger partial charge in [0.15, 0.2) is 6.20 Å². The fourth-order valence-corrected chi connectivity index (χ4v) is 2.07. The van der Waals surface area contributed by atoms with E-state index in [1.54, 1.807) is 31.2 Å². The van der Waals surface area contributed by atoms with E-state index >= 15 is 0 Å². The van der Waals surface area contributed by atoms with E-state index in [-0.39, 0.29) is 11.6 Å². The Labute approximate surface area is 129 Å². The van der Waals surface area contributed by atoms with Gasteiger partial charge in [-0.1, -0.05) is 12.1 Å². The van der Waals surface area contributed by atoms with Crippen molar-refractivity contribution in [1.29, 1.82) is 5.26 Å². The van der Waals surface area contributed by atoms with Crippen molar-refractivity contribution in [2.45, 2.75) is 13.0 Å². The first kappa shape index (κ1) is 14.9. The molecule has 1 unspecified atom stereocenters. The quantitative estimate of drug-likeness (QED) is 0.620. The molecule has 0 aliphatic carbocycles. The Bertz CT molecular complexity index is 728. The van der Waals surface area contributed by atoms with Crippen LogP contribution < -0.4 is 4.74 Å². The predicted molar refractivity (Wildman–Crippen MR) is 78.8 cm³/mol. The third-order valence-electron chi connectivity index (χ3n) is 2.76. The van der Waals surface area contributed by atoms with Crippen LogP contribution >= 0.6 is 15.9 Å². The number of nitro groups is 1. The number of nitriles is 1. The largest absolute Gasteiger partial charge is 0.478 e. The average Bonchev–Trinajstić information content (AvgIpc) is 2.47. The minimum Gasteiger partial charge on any atom is -0.478 e. The molecule has 1 aromatic carbocycles.